The van der Waals surface area contributed by atoms with Crippen LogP contribution in [0, 0.1) is 5.82 Å². The molecule has 0 aliphatic heterocycles. The molecular formula is C11H14FN5. The van der Waals surface area contributed by atoms with Crippen LogP contribution in [0.4, 0.5) is 15.8 Å². The highest BCUT2D eigenvalue weighted by Crippen LogP contribution is 2.18. The van der Waals surface area contributed by atoms with Crippen molar-refractivity contribution in [2.24, 2.45) is 0 Å². The van der Waals surface area contributed by atoms with Crippen molar-refractivity contribution in [2.75, 3.05) is 17.6 Å². The number of nitrogens with one attached hydrogen (secondary N) is 1. The van der Waals surface area contributed by atoms with Gasteiger partial charge in [-0.15, -0.1) is 5.10 Å². The van der Waals surface area contributed by atoms with Gasteiger partial charge >= 0.3 is 0 Å². The third kappa shape index (κ3) is 3.17. The van der Waals surface area contributed by atoms with Crippen molar-refractivity contribution in [3.63, 3.8) is 0 Å². The number of halogens is 1. The fourth-order valence-electron chi connectivity index (χ4n) is 1.50. The Kier molecular flexibility index (Phi) is 3.54. The molecule has 90 valence electrons. The molecule has 17 heavy (non-hydrogen) atoms. The number of anilines is 2. The van der Waals surface area contributed by atoms with E-state index >= 15 is 0 Å². The van der Waals surface area contributed by atoms with Gasteiger partial charge in [-0.2, -0.15) is 0 Å². The van der Waals surface area contributed by atoms with Crippen LogP contribution in [0.5, 0.6) is 0 Å². The highest BCUT2D eigenvalue weighted by atomic mass is 19.1. The van der Waals surface area contributed by atoms with E-state index in [2.05, 4.69) is 15.6 Å². The Morgan fingerprint density at radius 1 is 1.41 bits per heavy atom. The molecule has 6 heteroatoms. The third-order valence-electron chi connectivity index (χ3n) is 2.37. The van der Waals surface area contributed by atoms with Crippen molar-refractivity contribution in [2.45, 2.75) is 13.0 Å². The highest BCUT2D eigenvalue weighted by molar-refractivity contribution is 5.65. The Labute approximate surface area is 98.4 Å². The fraction of sp³-hybridized carbons (Fsp3) is 0.273. The average molecular weight is 235 g/mol. The zero-order valence-corrected chi connectivity index (χ0v) is 9.31. The zero-order valence-electron chi connectivity index (χ0n) is 9.31. The summed E-state index contributed by atoms with van der Waals surface area (Å²) in [7, 11) is 0. The van der Waals surface area contributed by atoms with Gasteiger partial charge in [-0.3, -0.25) is 4.68 Å². The number of rotatable bonds is 5. The first-order valence-electron chi connectivity index (χ1n) is 5.39. The molecule has 2 rings (SSSR count). The molecule has 5 nitrogen and oxygen atoms in total. The van der Waals surface area contributed by atoms with Gasteiger partial charge in [0.05, 0.1) is 17.6 Å². The Balaban J connectivity index is 1.80. The molecule has 0 unspecified atom stereocenters. The van der Waals surface area contributed by atoms with Gasteiger partial charge in [0.15, 0.2) is 0 Å². The Morgan fingerprint density at radius 3 is 3.06 bits per heavy atom. The van der Waals surface area contributed by atoms with Crippen molar-refractivity contribution >= 4 is 11.4 Å². The predicted octanol–water partition coefficient (Wildman–Crippen LogP) is 1.50. The lowest BCUT2D eigenvalue weighted by Gasteiger charge is -2.09. The number of aryl methyl sites for hydroxylation is 1. The van der Waals surface area contributed by atoms with E-state index in [-0.39, 0.29) is 5.82 Å². The molecule has 2 aromatic rings. The second kappa shape index (κ2) is 5.29. The second-order valence-electron chi connectivity index (χ2n) is 3.68. The normalized spacial score (nSPS) is 10.4. The molecule has 1 aromatic carbocycles. The minimum Gasteiger partial charge on any atom is -0.397 e. The summed E-state index contributed by atoms with van der Waals surface area (Å²) in [6.45, 7) is 1.47. The Morgan fingerprint density at radius 2 is 2.29 bits per heavy atom. The van der Waals surface area contributed by atoms with Crippen LogP contribution in [0.3, 0.4) is 0 Å². The van der Waals surface area contributed by atoms with Gasteiger partial charge in [0.25, 0.3) is 0 Å². The summed E-state index contributed by atoms with van der Waals surface area (Å²) < 4.78 is 14.7. The van der Waals surface area contributed by atoms with E-state index in [9.17, 15) is 4.39 Å². The van der Waals surface area contributed by atoms with Gasteiger partial charge in [0, 0.05) is 19.3 Å². The minimum atomic E-state index is -0.294. The predicted molar refractivity (Wildman–Crippen MR) is 63.9 cm³/mol. The molecule has 0 bridgehead atoms. The zero-order chi connectivity index (χ0) is 12.1. The van der Waals surface area contributed by atoms with Crippen molar-refractivity contribution < 1.29 is 4.39 Å². The average Bonchev–Trinajstić information content (AvgIpc) is 2.82. The monoisotopic (exact) mass is 235 g/mol. The van der Waals surface area contributed by atoms with Crippen molar-refractivity contribution in [3.8, 4) is 0 Å². The van der Waals surface area contributed by atoms with E-state index < -0.39 is 0 Å². The Bertz CT molecular complexity index is 469. The topological polar surface area (TPSA) is 68.8 Å². The van der Waals surface area contributed by atoms with Crippen LogP contribution in [0.25, 0.3) is 0 Å². The SMILES string of the molecule is Nc1ccc(F)cc1NCCCn1ccnn1. The lowest BCUT2D eigenvalue weighted by atomic mass is 10.2. The molecule has 0 aliphatic carbocycles. The standard InChI is InChI=1S/C11H14FN5/c12-9-2-3-10(13)11(8-9)14-4-1-6-17-7-5-15-16-17/h2-3,5,7-8,14H,1,4,6,13H2. The molecule has 0 amide bonds. The Hall–Kier alpha value is -2.11. The molecule has 0 fully saturated rings. The molecule has 0 aliphatic rings. The second-order valence-corrected chi connectivity index (χ2v) is 3.68. The smallest absolute Gasteiger partial charge is 0.125 e. The number of hydrogen-bond donors (Lipinski definition) is 2. The summed E-state index contributed by atoms with van der Waals surface area (Å²) in [5.74, 6) is -0.294. The van der Waals surface area contributed by atoms with E-state index in [1.807, 2.05) is 0 Å². The number of hydrogen-bond acceptors (Lipinski definition) is 4. The lowest BCUT2D eigenvalue weighted by Crippen LogP contribution is -2.08. The number of nitrogens with zero attached hydrogens (tertiary/aromatic N) is 3. The van der Waals surface area contributed by atoms with Gasteiger partial charge in [-0.25, -0.2) is 4.39 Å². The number of nitrogens with two attached hydrogens (primary N) is 1. The summed E-state index contributed by atoms with van der Waals surface area (Å²) in [6, 6.07) is 4.29. The first-order valence-corrected chi connectivity index (χ1v) is 5.39. The van der Waals surface area contributed by atoms with Crippen LogP contribution in [0.15, 0.2) is 30.6 Å². The van der Waals surface area contributed by atoms with Crippen LogP contribution in [0.1, 0.15) is 6.42 Å². The maximum Gasteiger partial charge on any atom is 0.125 e. The summed E-state index contributed by atoms with van der Waals surface area (Å²) in [5.41, 5.74) is 6.89. The van der Waals surface area contributed by atoms with Crippen LogP contribution in [0.2, 0.25) is 0 Å². The van der Waals surface area contributed by atoms with Gasteiger partial charge in [-0.1, -0.05) is 5.21 Å². The quantitative estimate of drug-likeness (QED) is 0.608. The van der Waals surface area contributed by atoms with Gasteiger partial charge in [0.1, 0.15) is 5.82 Å². The molecule has 0 atom stereocenters. The molecule has 3 N–H and O–H groups in total. The molecule has 0 saturated carbocycles. The minimum absolute atomic E-state index is 0.294. The van der Waals surface area contributed by atoms with Gasteiger partial charge in [-0.05, 0) is 24.6 Å². The highest BCUT2D eigenvalue weighted by Gasteiger charge is 2.00. The molecule has 0 radical (unpaired) electrons. The summed E-state index contributed by atoms with van der Waals surface area (Å²) in [6.07, 6.45) is 4.30. The lowest BCUT2D eigenvalue weighted by molar-refractivity contribution is 0.569. The van der Waals surface area contributed by atoms with Crippen molar-refractivity contribution in [1.82, 2.24) is 15.0 Å². The molecule has 0 spiro atoms. The maximum atomic E-state index is 13.0. The van der Waals surface area contributed by atoms with E-state index in [0.717, 1.165) is 13.0 Å². The van der Waals surface area contributed by atoms with Gasteiger partial charge in [0.2, 0.25) is 0 Å². The van der Waals surface area contributed by atoms with Gasteiger partial charge < -0.3 is 11.1 Å². The summed E-state index contributed by atoms with van der Waals surface area (Å²) in [4.78, 5) is 0. The fourth-order valence-corrected chi connectivity index (χ4v) is 1.50. The first-order chi connectivity index (χ1) is 8.25. The summed E-state index contributed by atoms with van der Waals surface area (Å²) in [5, 5.41) is 10.6. The number of nitrogen functional groups attached to an aromatic ring is 1. The first kappa shape index (κ1) is 11.4. The molecule has 1 heterocycles. The van der Waals surface area contributed by atoms with Crippen LogP contribution in [-0.2, 0) is 6.54 Å². The molecular weight excluding hydrogens is 221 g/mol. The van der Waals surface area contributed by atoms with Crippen LogP contribution in [-0.4, -0.2) is 21.5 Å². The van der Waals surface area contributed by atoms with Crippen molar-refractivity contribution in [3.05, 3.63) is 36.4 Å². The van der Waals surface area contributed by atoms with E-state index in [0.29, 0.717) is 17.9 Å². The third-order valence-corrected chi connectivity index (χ3v) is 2.37. The number of benzene rings is 1. The largest absolute Gasteiger partial charge is 0.397 e. The van der Waals surface area contributed by atoms with Crippen molar-refractivity contribution in [1.29, 1.82) is 0 Å². The maximum absolute atomic E-state index is 13.0. The van der Waals surface area contributed by atoms with E-state index in [1.165, 1.54) is 12.1 Å². The molecule has 1 aromatic heterocycles. The van der Waals surface area contributed by atoms with Crippen LogP contribution < -0.4 is 11.1 Å². The van der Waals surface area contributed by atoms with Crippen LogP contribution >= 0.6 is 0 Å². The van der Waals surface area contributed by atoms with E-state index in [4.69, 9.17) is 5.73 Å². The molecule has 0 saturated heterocycles. The summed E-state index contributed by atoms with van der Waals surface area (Å²) >= 11 is 0. The van der Waals surface area contributed by atoms with E-state index in [1.54, 1.807) is 23.1 Å². The number of aromatic nitrogens is 3.